The number of rotatable bonds is 5. The van der Waals surface area contributed by atoms with Crippen molar-refractivity contribution in [1.82, 2.24) is 10.2 Å². The molecule has 86 valence electrons. The highest BCUT2D eigenvalue weighted by Crippen LogP contribution is 2.16. The van der Waals surface area contributed by atoms with Crippen LogP contribution in [0.5, 0.6) is 0 Å². The zero-order valence-electron chi connectivity index (χ0n) is 9.23. The first-order valence-electron chi connectivity index (χ1n) is 5.33. The molecule has 2 aromatic rings. The van der Waals surface area contributed by atoms with E-state index in [4.69, 9.17) is 10.2 Å². The molecule has 2 heterocycles. The molecule has 0 aliphatic heterocycles. The van der Waals surface area contributed by atoms with Crippen LogP contribution < -0.4 is 11.1 Å². The zero-order valence-corrected chi connectivity index (χ0v) is 9.23. The van der Waals surface area contributed by atoms with Gasteiger partial charge in [-0.3, -0.25) is 5.10 Å². The maximum atomic E-state index is 5.68. The second-order valence-electron chi connectivity index (χ2n) is 3.86. The van der Waals surface area contributed by atoms with Crippen molar-refractivity contribution in [2.45, 2.75) is 25.8 Å². The average Bonchev–Trinajstić information content (AvgIpc) is 2.88. The van der Waals surface area contributed by atoms with Gasteiger partial charge in [0.15, 0.2) is 0 Å². The van der Waals surface area contributed by atoms with E-state index in [-0.39, 0.29) is 0 Å². The average molecular weight is 220 g/mol. The Labute approximate surface area is 94.0 Å². The number of nitrogens with zero attached hydrogens (tertiary/aromatic N) is 1. The molecular formula is C11H16N4O. The van der Waals surface area contributed by atoms with Crippen LogP contribution in [-0.2, 0) is 6.42 Å². The van der Waals surface area contributed by atoms with Gasteiger partial charge in [0.2, 0.25) is 0 Å². The van der Waals surface area contributed by atoms with Crippen molar-refractivity contribution < 1.29 is 4.42 Å². The highest BCUT2D eigenvalue weighted by Gasteiger charge is 2.07. The molecule has 16 heavy (non-hydrogen) atoms. The molecule has 4 N–H and O–H groups in total. The first-order valence-corrected chi connectivity index (χ1v) is 5.33. The number of H-pyrrole nitrogens is 1. The van der Waals surface area contributed by atoms with Crippen LogP contribution in [0.4, 0.5) is 11.5 Å². The van der Waals surface area contributed by atoms with E-state index < -0.39 is 0 Å². The van der Waals surface area contributed by atoms with Crippen molar-refractivity contribution in [3.63, 3.8) is 0 Å². The van der Waals surface area contributed by atoms with Crippen molar-refractivity contribution in [3.8, 4) is 0 Å². The first kappa shape index (κ1) is 10.6. The second-order valence-corrected chi connectivity index (χ2v) is 3.86. The minimum atomic E-state index is 0.324. The Bertz CT molecular complexity index is 421. The maximum absolute atomic E-state index is 5.68. The summed E-state index contributed by atoms with van der Waals surface area (Å²) in [6, 6.07) is 4.21. The monoisotopic (exact) mass is 220 g/mol. The van der Waals surface area contributed by atoms with Crippen LogP contribution in [0.1, 0.15) is 19.1 Å². The van der Waals surface area contributed by atoms with Gasteiger partial charge in [0.1, 0.15) is 11.6 Å². The van der Waals surface area contributed by atoms with E-state index in [0.717, 1.165) is 24.3 Å². The molecular weight excluding hydrogens is 204 g/mol. The number of furan rings is 1. The van der Waals surface area contributed by atoms with Gasteiger partial charge in [0.25, 0.3) is 0 Å². The van der Waals surface area contributed by atoms with Crippen LogP contribution in [0.25, 0.3) is 0 Å². The molecule has 0 radical (unpaired) electrons. The smallest absolute Gasteiger partial charge is 0.142 e. The van der Waals surface area contributed by atoms with Gasteiger partial charge in [0.05, 0.1) is 18.1 Å². The number of aromatic amines is 1. The quantitative estimate of drug-likeness (QED) is 0.720. The van der Waals surface area contributed by atoms with Crippen molar-refractivity contribution in [1.29, 1.82) is 0 Å². The lowest BCUT2D eigenvalue weighted by molar-refractivity contribution is 0.495. The molecule has 1 atom stereocenters. The van der Waals surface area contributed by atoms with Crippen molar-refractivity contribution in [2.75, 3.05) is 11.1 Å². The number of nitrogen functional groups attached to an aromatic ring is 1. The summed E-state index contributed by atoms with van der Waals surface area (Å²) >= 11 is 0. The van der Waals surface area contributed by atoms with Crippen molar-refractivity contribution in [2.24, 2.45) is 0 Å². The Kier molecular flexibility index (Phi) is 3.14. The van der Waals surface area contributed by atoms with Gasteiger partial charge in [-0.15, -0.1) is 0 Å². The van der Waals surface area contributed by atoms with E-state index in [1.807, 2.05) is 12.1 Å². The Morgan fingerprint density at radius 2 is 2.50 bits per heavy atom. The van der Waals surface area contributed by atoms with E-state index in [9.17, 15) is 0 Å². The number of hydrogen-bond donors (Lipinski definition) is 3. The molecule has 0 spiro atoms. The van der Waals surface area contributed by atoms with Crippen LogP contribution in [0.2, 0.25) is 0 Å². The van der Waals surface area contributed by atoms with Crippen LogP contribution in [-0.4, -0.2) is 16.2 Å². The fourth-order valence-corrected chi connectivity index (χ4v) is 1.56. The Morgan fingerprint density at radius 1 is 1.62 bits per heavy atom. The second kappa shape index (κ2) is 4.74. The Balaban J connectivity index is 1.81. The summed E-state index contributed by atoms with van der Waals surface area (Å²) in [5.41, 5.74) is 6.53. The van der Waals surface area contributed by atoms with E-state index in [0.29, 0.717) is 11.9 Å². The van der Waals surface area contributed by atoms with Crippen LogP contribution in [0.15, 0.2) is 29.0 Å². The molecule has 5 nitrogen and oxygen atoms in total. The van der Waals surface area contributed by atoms with Crippen LogP contribution in [0.3, 0.4) is 0 Å². The van der Waals surface area contributed by atoms with Gasteiger partial charge in [-0.25, -0.2) is 0 Å². The molecule has 0 aliphatic rings. The molecule has 0 aliphatic carbocycles. The number of anilines is 2. The maximum Gasteiger partial charge on any atom is 0.142 e. The van der Waals surface area contributed by atoms with Crippen LogP contribution in [0, 0.1) is 0 Å². The predicted octanol–water partition coefficient (Wildman–Crippen LogP) is 2.02. The summed E-state index contributed by atoms with van der Waals surface area (Å²) in [5.74, 6) is 1.58. The molecule has 0 saturated carbocycles. The number of aromatic nitrogens is 2. The van der Waals surface area contributed by atoms with Gasteiger partial charge in [0, 0.05) is 12.5 Å². The molecule has 2 rings (SSSR count). The molecule has 0 amide bonds. The molecule has 2 aromatic heterocycles. The Morgan fingerprint density at radius 3 is 3.12 bits per heavy atom. The fourth-order valence-electron chi connectivity index (χ4n) is 1.56. The van der Waals surface area contributed by atoms with Gasteiger partial charge < -0.3 is 15.5 Å². The van der Waals surface area contributed by atoms with Gasteiger partial charge in [-0.1, -0.05) is 0 Å². The lowest BCUT2D eigenvalue weighted by Crippen LogP contribution is -2.16. The highest BCUT2D eigenvalue weighted by molar-refractivity contribution is 5.60. The molecule has 5 heteroatoms. The standard InChI is InChI=1S/C11H16N4O/c1-8(4-5-9-3-2-6-16-9)14-10-7-13-15-11(10)12/h2-3,6-8,14H,4-5H2,1H3,(H3,12,13,15). The number of nitrogens with two attached hydrogens (primary N) is 1. The van der Waals surface area contributed by atoms with Crippen molar-refractivity contribution in [3.05, 3.63) is 30.4 Å². The van der Waals surface area contributed by atoms with E-state index in [2.05, 4.69) is 22.4 Å². The summed E-state index contributed by atoms with van der Waals surface area (Å²) in [6.07, 6.45) is 5.29. The molecule has 0 saturated heterocycles. The topological polar surface area (TPSA) is 79.9 Å². The van der Waals surface area contributed by atoms with Crippen LogP contribution >= 0.6 is 0 Å². The summed E-state index contributed by atoms with van der Waals surface area (Å²) in [5, 5.41) is 9.84. The summed E-state index contributed by atoms with van der Waals surface area (Å²) < 4.78 is 5.27. The molecule has 0 bridgehead atoms. The number of aryl methyl sites for hydroxylation is 1. The zero-order chi connectivity index (χ0) is 11.4. The lowest BCUT2D eigenvalue weighted by atomic mass is 10.1. The van der Waals surface area contributed by atoms with Crippen molar-refractivity contribution >= 4 is 11.5 Å². The lowest BCUT2D eigenvalue weighted by Gasteiger charge is -2.13. The molecule has 0 aromatic carbocycles. The minimum absolute atomic E-state index is 0.324. The predicted molar refractivity (Wildman–Crippen MR) is 63.1 cm³/mol. The molecule has 0 fully saturated rings. The van der Waals surface area contributed by atoms with E-state index in [1.165, 1.54) is 0 Å². The number of nitrogens with one attached hydrogen (secondary N) is 2. The Hall–Kier alpha value is -1.91. The largest absolute Gasteiger partial charge is 0.469 e. The van der Waals surface area contributed by atoms with Gasteiger partial charge in [-0.2, -0.15) is 5.10 Å². The summed E-state index contributed by atoms with van der Waals surface area (Å²) in [6.45, 7) is 2.11. The number of hydrogen-bond acceptors (Lipinski definition) is 4. The minimum Gasteiger partial charge on any atom is -0.469 e. The highest BCUT2D eigenvalue weighted by atomic mass is 16.3. The molecule has 1 unspecified atom stereocenters. The van der Waals surface area contributed by atoms with Gasteiger partial charge >= 0.3 is 0 Å². The summed E-state index contributed by atoms with van der Waals surface area (Å²) in [4.78, 5) is 0. The van der Waals surface area contributed by atoms with Gasteiger partial charge in [-0.05, 0) is 25.5 Å². The summed E-state index contributed by atoms with van der Waals surface area (Å²) in [7, 11) is 0. The first-order chi connectivity index (χ1) is 7.75. The van der Waals surface area contributed by atoms with E-state index >= 15 is 0 Å². The van der Waals surface area contributed by atoms with E-state index in [1.54, 1.807) is 12.5 Å². The third-order valence-corrected chi connectivity index (χ3v) is 2.47. The normalized spacial score (nSPS) is 12.6. The SMILES string of the molecule is CC(CCc1ccco1)Nc1cn[nH]c1N. The fraction of sp³-hybridized carbons (Fsp3) is 0.364. The third-order valence-electron chi connectivity index (χ3n) is 2.47. The third kappa shape index (κ3) is 2.56.